The van der Waals surface area contributed by atoms with Gasteiger partial charge in [0.2, 0.25) is 0 Å². The van der Waals surface area contributed by atoms with Gasteiger partial charge in [0, 0.05) is 42.5 Å². The SMILES string of the molecule is CC1CN(C(=O)c2ccc(CNC(=O)c3ccc(Nc4ccccc4)c([N+](=O)[O-])c3)cc2)CC(C)O1. The maximum Gasteiger partial charge on any atom is 0.293 e. The van der Waals surface area contributed by atoms with Gasteiger partial charge in [-0.15, -0.1) is 0 Å². The zero-order valence-electron chi connectivity index (χ0n) is 20.1. The monoisotopic (exact) mass is 488 g/mol. The van der Waals surface area contributed by atoms with Crippen LogP contribution in [0.4, 0.5) is 17.1 Å². The summed E-state index contributed by atoms with van der Waals surface area (Å²) in [5.74, 6) is -0.482. The molecule has 2 N–H and O–H groups in total. The zero-order valence-corrected chi connectivity index (χ0v) is 20.1. The molecule has 9 nitrogen and oxygen atoms in total. The Morgan fingerprint density at radius 2 is 1.61 bits per heavy atom. The minimum Gasteiger partial charge on any atom is -0.372 e. The van der Waals surface area contributed by atoms with E-state index in [0.29, 0.717) is 30.0 Å². The summed E-state index contributed by atoms with van der Waals surface area (Å²) >= 11 is 0. The third-order valence-electron chi connectivity index (χ3n) is 5.87. The van der Waals surface area contributed by atoms with Crippen molar-refractivity contribution >= 4 is 28.9 Å². The van der Waals surface area contributed by atoms with Crippen LogP contribution in [0.1, 0.15) is 40.1 Å². The molecule has 2 unspecified atom stereocenters. The van der Waals surface area contributed by atoms with Crippen LogP contribution in [0.3, 0.4) is 0 Å². The van der Waals surface area contributed by atoms with Gasteiger partial charge in [0.25, 0.3) is 17.5 Å². The average Bonchev–Trinajstić information content (AvgIpc) is 2.87. The summed E-state index contributed by atoms with van der Waals surface area (Å²) in [6, 6.07) is 20.5. The van der Waals surface area contributed by atoms with Crippen molar-refractivity contribution in [3.63, 3.8) is 0 Å². The largest absolute Gasteiger partial charge is 0.372 e. The molecule has 0 aromatic heterocycles. The summed E-state index contributed by atoms with van der Waals surface area (Å²) in [6.07, 6.45) is -0.0163. The number of carbonyl (C=O) groups is 2. The Morgan fingerprint density at radius 1 is 0.972 bits per heavy atom. The van der Waals surface area contributed by atoms with Gasteiger partial charge in [-0.25, -0.2) is 0 Å². The molecule has 186 valence electrons. The summed E-state index contributed by atoms with van der Waals surface area (Å²) in [6.45, 7) is 5.21. The highest BCUT2D eigenvalue weighted by Gasteiger charge is 2.26. The predicted octanol–water partition coefficient (Wildman–Crippen LogP) is 4.52. The van der Waals surface area contributed by atoms with Gasteiger partial charge in [0.1, 0.15) is 5.69 Å². The zero-order chi connectivity index (χ0) is 25.7. The van der Waals surface area contributed by atoms with Gasteiger partial charge in [0.15, 0.2) is 0 Å². The van der Waals surface area contributed by atoms with Crippen LogP contribution in [0, 0.1) is 10.1 Å². The number of benzene rings is 3. The van der Waals surface area contributed by atoms with E-state index in [1.54, 1.807) is 47.4 Å². The molecular weight excluding hydrogens is 460 g/mol. The molecule has 4 rings (SSSR count). The normalized spacial score (nSPS) is 17.3. The number of hydrogen-bond acceptors (Lipinski definition) is 6. The lowest BCUT2D eigenvalue weighted by atomic mass is 10.1. The fraction of sp³-hybridized carbons (Fsp3) is 0.259. The lowest BCUT2D eigenvalue weighted by Gasteiger charge is -2.35. The molecule has 0 radical (unpaired) electrons. The van der Waals surface area contributed by atoms with Gasteiger partial charge < -0.3 is 20.3 Å². The number of amides is 2. The van der Waals surface area contributed by atoms with Crippen molar-refractivity contribution in [1.82, 2.24) is 10.2 Å². The van der Waals surface area contributed by atoms with Crippen molar-refractivity contribution in [2.24, 2.45) is 0 Å². The average molecular weight is 489 g/mol. The number of ether oxygens (including phenoxy) is 1. The summed E-state index contributed by atoms with van der Waals surface area (Å²) in [5, 5.41) is 17.4. The highest BCUT2D eigenvalue weighted by Crippen LogP contribution is 2.28. The van der Waals surface area contributed by atoms with E-state index in [4.69, 9.17) is 4.74 Å². The molecule has 3 aromatic rings. The second kappa shape index (κ2) is 11.0. The summed E-state index contributed by atoms with van der Waals surface area (Å²) in [5.41, 5.74) is 2.37. The van der Waals surface area contributed by atoms with Crippen LogP contribution in [0.2, 0.25) is 0 Å². The fourth-order valence-electron chi connectivity index (χ4n) is 4.18. The molecule has 1 fully saturated rings. The molecule has 1 aliphatic heterocycles. The van der Waals surface area contributed by atoms with Crippen molar-refractivity contribution < 1.29 is 19.2 Å². The van der Waals surface area contributed by atoms with Gasteiger partial charge >= 0.3 is 0 Å². The van der Waals surface area contributed by atoms with Gasteiger partial charge in [-0.3, -0.25) is 19.7 Å². The van der Waals surface area contributed by atoms with Gasteiger partial charge in [-0.05, 0) is 55.8 Å². The number of nitro benzene ring substituents is 1. The highest BCUT2D eigenvalue weighted by atomic mass is 16.6. The molecule has 9 heteroatoms. The Bertz CT molecular complexity index is 1240. The van der Waals surface area contributed by atoms with Crippen LogP contribution < -0.4 is 10.6 Å². The van der Waals surface area contributed by atoms with Gasteiger partial charge in [0.05, 0.1) is 17.1 Å². The lowest BCUT2D eigenvalue weighted by Crippen LogP contribution is -2.48. The predicted molar refractivity (Wildman–Crippen MR) is 136 cm³/mol. The number of carbonyl (C=O) groups excluding carboxylic acids is 2. The molecule has 36 heavy (non-hydrogen) atoms. The maximum atomic E-state index is 12.8. The lowest BCUT2D eigenvalue weighted by molar-refractivity contribution is -0.383. The molecule has 3 aromatic carbocycles. The molecular formula is C27H28N4O5. The number of nitro groups is 1. The number of anilines is 2. The van der Waals surface area contributed by atoms with E-state index in [-0.39, 0.29) is 35.9 Å². The van der Waals surface area contributed by atoms with Crippen molar-refractivity contribution in [2.45, 2.75) is 32.6 Å². The van der Waals surface area contributed by atoms with Crippen LogP contribution in [0.25, 0.3) is 0 Å². The second-order valence-corrected chi connectivity index (χ2v) is 8.83. The topological polar surface area (TPSA) is 114 Å². The molecule has 0 bridgehead atoms. The molecule has 2 amide bonds. The third kappa shape index (κ3) is 6.05. The molecule has 1 saturated heterocycles. The Labute approximate surface area is 209 Å². The van der Waals surface area contributed by atoms with Crippen LogP contribution in [0.15, 0.2) is 72.8 Å². The second-order valence-electron chi connectivity index (χ2n) is 8.83. The first-order valence-corrected chi connectivity index (χ1v) is 11.7. The van der Waals surface area contributed by atoms with Crippen LogP contribution in [-0.2, 0) is 11.3 Å². The molecule has 0 aliphatic carbocycles. The molecule has 0 saturated carbocycles. The molecule has 1 aliphatic rings. The number of rotatable bonds is 7. The van der Waals surface area contributed by atoms with E-state index < -0.39 is 10.8 Å². The van der Waals surface area contributed by atoms with Crippen LogP contribution >= 0.6 is 0 Å². The van der Waals surface area contributed by atoms with Crippen LogP contribution in [-0.4, -0.2) is 46.9 Å². The van der Waals surface area contributed by atoms with E-state index in [2.05, 4.69) is 10.6 Å². The Hall–Kier alpha value is -4.24. The van der Waals surface area contributed by atoms with Crippen molar-refractivity contribution in [3.8, 4) is 0 Å². The molecule has 0 spiro atoms. The van der Waals surface area contributed by atoms with E-state index in [0.717, 1.165) is 5.56 Å². The summed E-state index contributed by atoms with van der Waals surface area (Å²) < 4.78 is 5.69. The minimum absolute atomic E-state index is 0.00815. The maximum absolute atomic E-state index is 12.8. The Balaban J connectivity index is 1.38. The standard InChI is InChI=1S/C27H28N4O5/c1-18-16-30(17-19(2)36-18)27(33)21-10-8-20(9-11-21)15-28-26(32)22-12-13-24(25(14-22)31(34)35)29-23-6-4-3-5-7-23/h3-14,18-19,29H,15-17H2,1-2H3,(H,28,32). The highest BCUT2D eigenvalue weighted by molar-refractivity contribution is 5.96. The Kier molecular flexibility index (Phi) is 7.60. The third-order valence-corrected chi connectivity index (χ3v) is 5.87. The molecule has 2 atom stereocenters. The number of para-hydroxylation sites is 1. The van der Waals surface area contributed by atoms with E-state index in [1.807, 2.05) is 32.0 Å². The summed E-state index contributed by atoms with van der Waals surface area (Å²) in [7, 11) is 0. The van der Waals surface area contributed by atoms with Gasteiger partial charge in [-0.2, -0.15) is 0 Å². The van der Waals surface area contributed by atoms with E-state index in [9.17, 15) is 19.7 Å². The molecule has 1 heterocycles. The first kappa shape index (κ1) is 24.9. The quantitative estimate of drug-likeness (QED) is 0.373. The number of nitrogens with one attached hydrogen (secondary N) is 2. The van der Waals surface area contributed by atoms with Crippen molar-refractivity contribution in [2.75, 3.05) is 18.4 Å². The van der Waals surface area contributed by atoms with Crippen molar-refractivity contribution in [3.05, 3.63) is 99.6 Å². The van der Waals surface area contributed by atoms with Crippen molar-refractivity contribution in [1.29, 1.82) is 0 Å². The number of nitrogens with zero attached hydrogens (tertiary/aromatic N) is 2. The van der Waals surface area contributed by atoms with Crippen LogP contribution in [0.5, 0.6) is 0 Å². The Morgan fingerprint density at radius 3 is 2.25 bits per heavy atom. The minimum atomic E-state index is -0.520. The first-order valence-electron chi connectivity index (χ1n) is 11.7. The van der Waals surface area contributed by atoms with Gasteiger partial charge in [-0.1, -0.05) is 30.3 Å². The summed E-state index contributed by atoms with van der Waals surface area (Å²) in [4.78, 5) is 38.4. The first-order chi connectivity index (χ1) is 17.3. The smallest absolute Gasteiger partial charge is 0.293 e. The fourth-order valence-corrected chi connectivity index (χ4v) is 4.18. The van der Waals surface area contributed by atoms with E-state index >= 15 is 0 Å². The number of hydrogen-bond donors (Lipinski definition) is 2. The van der Waals surface area contributed by atoms with E-state index in [1.165, 1.54) is 12.1 Å². The number of morpholine rings is 1.